The van der Waals surface area contributed by atoms with Crippen LogP contribution in [0.15, 0.2) is 97.2 Å². The van der Waals surface area contributed by atoms with Gasteiger partial charge < -0.3 is 28.5 Å². The lowest BCUT2D eigenvalue weighted by Gasteiger charge is -2.25. The molecule has 0 aromatic carbocycles. The van der Waals surface area contributed by atoms with E-state index in [2.05, 4.69) is 111 Å². The van der Waals surface area contributed by atoms with E-state index in [9.17, 15) is 19.5 Å². The van der Waals surface area contributed by atoms with E-state index in [1.165, 1.54) is 263 Å². The van der Waals surface area contributed by atoms with Gasteiger partial charge in [0.1, 0.15) is 13.2 Å². The summed E-state index contributed by atoms with van der Waals surface area (Å²) in [5, 5.41) is 9.78. The van der Waals surface area contributed by atoms with Crippen molar-refractivity contribution in [2.24, 2.45) is 0 Å². The van der Waals surface area contributed by atoms with Crippen LogP contribution in [0, 0.1) is 0 Å². The quantitative estimate of drug-likeness (QED) is 0.0211. The zero-order valence-corrected chi connectivity index (χ0v) is 65.2. The minimum atomic E-state index is -1.52. The van der Waals surface area contributed by atoms with Crippen LogP contribution < -0.4 is 0 Å². The fourth-order valence-electron chi connectivity index (χ4n) is 12.3. The third kappa shape index (κ3) is 79.5. The van der Waals surface area contributed by atoms with Crippen LogP contribution in [-0.2, 0) is 33.3 Å². The molecule has 0 saturated heterocycles. The minimum Gasteiger partial charge on any atom is -0.477 e. The Labute approximate surface area is 607 Å². The van der Waals surface area contributed by atoms with Gasteiger partial charge in [0.25, 0.3) is 6.29 Å². The highest BCUT2D eigenvalue weighted by molar-refractivity contribution is 5.71. The molecule has 9 nitrogen and oxygen atoms in total. The van der Waals surface area contributed by atoms with Crippen LogP contribution in [-0.4, -0.2) is 87.4 Å². The van der Waals surface area contributed by atoms with Crippen LogP contribution in [0.2, 0.25) is 0 Å². The van der Waals surface area contributed by atoms with Gasteiger partial charge in [-0.05, 0) is 77.0 Å². The Balaban J connectivity index is 4.00. The van der Waals surface area contributed by atoms with E-state index < -0.39 is 24.3 Å². The monoisotopic (exact) mass is 1370 g/mol. The maximum absolute atomic E-state index is 13.0. The molecule has 0 aliphatic heterocycles. The fourth-order valence-corrected chi connectivity index (χ4v) is 12.3. The largest absolute Gasteiger partial charge is 0.477 e. The van der Waals surface area contributed by atoms with E-state index in [-0.39, 0.29) is 32.2 Å². The summed E-state index contributed by atoms with van der Waals surface area (Å²) >= 11 is 0. The second kappa shape index (κ2) is 78.9. The van der Waals surface area contributed by atoms with Crippen molar-refractivity contribution >= 4 is 17.9 Å². The lowest BCUT2D eigenvalue weighted by molar-refractivity contribution is -0.870. The molecule has 0 spiro atoms. The molecule has 0 bridgehead atoms. The average Bonchev–Trinajstić information content (AvgIpc) is 1.34. The number of carboxylic acid groups (broad SMARTS) is 1. The van der Waals surface area contributed by atoms with Crippen molar-refractivity contribution in [3.05, 3.63) is 97.2 Å². The summed E-state index contributed by atoms with van der Waals surface area (Å²) in [5.41, 5.74) is 0. The highest BCUT2D eigenvalue weighted by Gasteiger charge is 2.25. The second-order valence-electron chi connectivity index (χ2n) is 29.4. The van der Waals surface area contributed by atoms with Crippen molar-refractivity contribution in [1.29, 1.82) is 0 Å². The molecule has 568 valence electrons. The number of rotatable bonds is 78. The molecule has 9 heteroatoms. The van der Waals surface area contributed by atoms with Crippen molar-refractivity contribution in [3.63, 3.8) is 0 Å². The third-order valence-corrected chi connectivity index (χ3v) is 18.6. The van der Waals surface area contributed by atoms with E-state index in [4.69, 9.17) is 18.9 Å². The number of ether oxygens (including phenoxy) is 4. The third-order valence-electron chi connectivity index (χ3n) is 18.6. The van der Waals surface area contributed by atoms with Gasteiger partial charge in [-0.25, -0.2) is 4.79 Å². The van der Waals surface area contributed by atoms with Crippen LogP contribution in [0.5, 0.6) is 0 Å². The summed E-state index contributed by atoms with van der Waals surface area (Å²) < 4.78 is 23.1. The molecule has 0 heterocycles. The molecule has 0 aromatic rings. The number of carbonyl (C=O) groups is 3. The summed E-state index contributed by atoms with van der Waals surface area (Å²) in [6.07, 6.45) is 107. The number of unbranched alkanes of at least 4 members (excludes halogenated alkanes) is 47. The van der Waals surface area contributed by atoms with Gasteiger partial charge >= 0.3 is 17.9 Å². The maximum atomic E-state index is 13.0. The molecule has 0 aliphatic carbocycles. The predicted molar refractivity (Wildman–Crippen MR) is 424 cm³/mol. The Morgan fingerprint density at radius 3 is 0.867 bits per heavy atom. The number of hydrogen-bond acceptors (Lipinski definition) is 7. The summed E-state index contributed by atoms with van der Waals surface area (Å²) in [6.45, 7) is 4.81. The zero-order chi connectivity index (χ0) is 71.1. The number of nitrogens with zero attached hydrogens (tertiary/aromatic N) is 1. The van der Waals surface area contributed by atoms with Crippen molar-refractivity contribution in [2.45, 2.75) is 405 Å². The van der Waals surface area contributed by atoms with Crippen LogP contribution >= 0.6 is 0 Å². The molecule has 1 N–H and O–H groups in total. The molecule has 0 amide bonds. The van der Waals surface area contributed by atoms with Crippen LogP contribution in [0.25, 0.3) is 0 Å². The van der Waals surface area contributed by atoms with E-state index in [0.29, 0.717) is 23.9 Å². The predicted octanol–water partition coefficient (Wildman–Crippen LogP) is 27.1. The normalized spacial score (nSPS) is 13.1. The first-order chi connectivity index (χ1) is 48.1. The second-order valence-corrected chi connectivity index (χ2v) is 29.4. The van der Waals surface area contributed by atoms with Gasteiger partial charge in [-0.1, -0.05) is 400 Å². The molecular weight excluding hydrogens is 1210 g/mol. The molecule has 0 aliphatic rings. The van der Waals surface area contributed by atoms with Crippen molar-refractivity contribution < 1.29 is 42.9 Å². The fraction of sp³-hybridized carbons (Fsp3) is 0.787. The molecule has 0 saturated carbocycles. The summed E-state index contributed by atoms with van der Waals surface area (Å²) in [6, 6.07) is 0. The number of hydrogen-bond donors (Lipinski definition) is 1. The van der Waals surface area contributed by atoms with Gasteiger partial charge in [0, 0.05) is 12.8 Å². The Morgan fingerprint density at radius 2 is 0.582 bits per heavy atom. The number of likely N-dealkylation sites (N-methyl/N-ethyl adjacent to an activating group) is 1. The van der Waals surface area contributed by atoms with Gasteiger partial charge in [0.15, 0.2) is 6.10 Å². The minimum absolute atomic E-state index is 0.184. The number of esters is 2. The first-order valence-electron chi connectivity index (χ1n) is 41.9. The standard InChI is InChI=1S/C89H159NO8/c1-6-8-10-12-14-16-18-20-22-24-26-28-30-32-34-36-38-40-42-43-44-46-47-49-51-53-55-57-59-61-63-65-67-69-71-73-75-77-79-86(91)96-83-85(84-97-89(88(93)94)95-82-81-90(3,4)5)98-87(92)80-78-76-74-72-70-68-66-64-62-60-58-56-54-52-50-48-45-41-39-37-35-33-31-29-27-25-23-21-19-17-15-13-11-9-7-2/h9,11,15,17,21,23,27,29,33,35,39,41,48,50,54,56,85,89H,6-8,10,12-14,16,18-20,22,24-26,28,30-32,34,36-38,40,42-47,49,51-53,55,57-84H2,1-5H3/p+1/b11-9-,17-15-,23-21-,29-27-,35-33-,41-39-,50-48-,56-54-. The molecular formula is C89H160NO8+. The van der Waals surface area contributed by atoms with Crippen molar-refractivity contribution in [2.75, 3.05) is 47.5 Å². The smallest absolute Gasteiger partial charge is 0.361 e. The topological polar surface area (TPSA) is 108 Å². The molecule has 0 radical (unpaired) electrons. The maximum Gasteiger partial charge on any atom is 0.361 e. The number of quaternary nitrogens is 1. The number of aliphatic carboxylic acids is 1. The Hall–Kier alpha value is -3.79. The molecule has 0 aromatic heterocycles. The number of carbonyl (C=O) groups excluding carboxylic acids is 2. The molecule has 0 rings (SSSR count). The van der Waals surface area contributed by atoms with Crippen LogP contribution in [0.3, 0.4) is 0 Å². The van der Waals surface area contributed by atoms with Crippen molar-refractivity contribution in [1.82, 2.24) is 0 Å². The number of carboxylic acids is 1. The molecule has 98 heavy (non-hydrogen) atoms. The average molecular weight is 1370 g/mol. The zero-order valence-electron chi connectivity index (χ0n) is 65.2. The Morgan fingerprint density at radius 1 is 0.316 bits per heavy atom. The first kappa shape index (κ1) is 94.2. The van der Waals surface area contributed by atoms with E-state index in [1.54, 1.807) is 0 Å². The molecule has 2 atom stereocenters. The van der Waals surface area contributed by atoms with E-state index >= 15 is 0 Å². The first-order valence-corrected chi connectivity index (χ1v) is 41.9. The highest BCUT2D eigenvalue weighted by Crippen LogP contribution is 2.20. The highest BCUT2D eigenvalue weighted by atomic mass is 16.7. The lowest BCUT2D eigenvalue weighted by Crippen LogP contribution is -2.40. The summed E-state index contributed by atoms with van der Waals surface area (Å²) in [7, 11) is 5.99. The summed E-state index contributed by atoms with van der Waals surface area (Å²) in [5.74, 6) is -1.99. The van der Waals surface area contributed by atoms with Crippen molar-refractivity contribution in [3.8, 4) is 0 Å². The van der Waals surface area contributed by atoms with Gasteiger partial charge in [-0.15, -0.1) is 0 Å². The lowest BCUT2D eigenvalue weighted by atomic mass is 10.0. The van der Waals surface area contributed by atoms with Gasteiger partial charge in [-0.2, -0.15) is 0 Å². The SMILES string of the molecule is CC/C=C\C/C=C\C/C=C\C/C=C\C/C=C\C/C=C\C/C=C\C/C=C\CCCCCCCCCCCCC(=O)OC(COC(=O)CCCCCCCCCCCCCCCCCCCCCCCCCCCCCCCCCCCCCCCC)COC(OCC[N+](C)(C)C)C(=O)O. The molecule has 0 fully saturated rings. The molecule has 2 unspecified atom stereocenters. The van der Waals surface area contributed by atoms with Crippen LogP contribution in [0.4, 0.5) is 0 Å². The number of allylic oxidation sites excluding steroid dienone is 16. The van der Waals surface area contributed by atoms with E-state index in [0.717, 1.165) is 96.3 Å². The van der Waals surface area contributed by atoms with Gasteiger partial charge in [0.2, 0.25) is 0 Å². The Kier molecular flexibility index (Phi) is 75.9. The Bertz CT molecular complexity index is 1940. The van der Waals surface area contributed by atoms with E-state index in [1.807, 2.05) is 21.1 Å². The van der Waals surface area contributed by atoms with Gasteiger partial charge in [0.05, 0.1) is 34.4 Å². The van der Waals surface area contributed by atoms with Crippen LogP contribution in [0.1, 0.15) is 393 Å². The summed E-state index contributed by atoms with van der Waals surface area (Å²) in [4.78, 5) is 37.8. The van der Waals surface area contributed by atoms with Gasteiger partial charge in [-0.3, -0.25) is 9.59 Å².